The molecule has 0 aliphatic carbocycles. The molecule has 1 heterocycles. The Kier molecular flexibility index (Phi) is 4.95. The van der Waals surface area contributed by atoms with Gasteiger partial charge in [0.25, 0.3) is 0 Å². The fourth-order valence-corrected chi connectivity index (χ4v) is 3.14. The number of aryl methyl sites for hydroxylation is 2. The van der Waals surface area contributed by atoms with Crippen molar-refractivity contribution in [3.63, 3.8) is 0 Å². The van der Waals surface area contributed by atoms with Crippen LogP contribution in [0, 0.1) is 13.8 Å². The third-order valence-electron chi connectivity index (χ3n) is 4.59. The van der Waals surface area contributed by atoms with Gasteiger partial charge >= 0.3 is 5.97 Å². The lowest BCUT2D eigenvalue weighted by Crippen LogP contribution is -2.16. The summed E-state index contributed by atoms with van der Waals surface area (Å²) in [4.78, 5) is 25.9. The fraction of sp³-hybridized carbons (Fsp3) is 0.0833. The average molecular weight is 405 g/mol. The molecule has 5 heteroatoms. The molecular weight excluding hydrogens is 388 g/mol. The summed E-state index contributed by atoms with van der Waals surface area (Å²) in [6.07, 6.45) is 0. The van der Waals surface area contributed by atoms with E-state index in [9.17, 15) is 9.59 Å². The van der Waals surface area contributed by atoms with Gasteiger partial charge in [-0.15, -0.1) is 0 Å². The van der Waals surface area contributed by atoms with Crippen LogP contribution < -0.4 is 10.2 Å². The first kappa shape index (κ1) is 19.0. The Balaban J connectivity index is 1.89. The van der Waals surface area contributed by atoms with Crippen molar-refractivity contribution in [2.75, 3.05) is 0 Å². The van der Waals surface area contributed by atoms with Gasteiger partial charge in [-0.2, -0.15) is 0 Å². The minimum Gasteiger partial charge on any atom is -0.452 e. The Labute approximate surface area is 172 Å². The molecule has 0 fully saturated rings. The molecule has 0 N–H and O–H groups in total. The summed E-state index contributed by atoms with van der Waals surface area (Å²) in [6, 6.07) is 19.0. The van der Waals surface area contributed by atoms with Crippen LogP contribution >= 0.6 is 11.6 Å². The van der Waals surface area contributed by atoms with Gasteiger partial charge in [-0.05, 0) is 62.4 Å². The lowest BCUT2D eigenvalue weighted by molar-refractivity contribution is 0.0731. The molecule has 0 saturated heterocycles. The molecule has 0 saturated carbocycles. The van der Waals surface area contributed by atoms with E-state index >= 15 is 0 Å². The maximum absolute atomic E-state index is 13.2. The minimum atomic E-state index is -0.625. The van der Waals surface area contributed by atoms with E-state index in [2.05, 4.69) is 0 Å². The van der Waals surface area contributed by atoms with E-state index in [0.717, 1.165) is 11.1 Å². The monoisotopic (exact) mass is 404 g/mol. The summed E-state index contributed by atoms with van der Waals surface area (Å²) < 4.78 is 11.5. The van der Waals surface area contributed by atoms with Crippen LogP contribution in [0.15, 0.2) is 75.9 Å². The van der Waals surface area contributed by atoms with Crippen molar-refractivity contribution in [2.45, 2.75) is 13.8 Å². The normalized spacial score (nSPS) is 10.9. The molecule has 0 atom stereocenters. The number of hydrogen-bond donors (Lipinski definition) is 0. The Hall–Kier alpha value is -3.37. The first-order chi connectivity index (χ1) is 13.9. The van der Waals surface area contributed by atoms with Crippen LogP contribution in [0.4, 0.5) is 0 Å². The second kappa shape index (κ2) is 7.57. The van der Waals surface area contributed by atoms with Crippen molar-refractivity contribution < 1.29 is 13.9 Å². The van der Waals surface area contributed by atoms with Crippen LogP contribution in [0.25, 0.3) is 22.3 Å². The predicted molar refractivity (Wildman–Crippen MR) is 114 cm³/mol. The van der Waals surface area contributed by atoms with Crippen LogP contribution in [0.3, 0.4) is 0 Å². The van der Waals surface area contributed by atoms with Crippen molar-refractivity contribution in [1.29, 1.82) is 0 Å². The molecule has 3 aromatic carbocycles. The number of ether oxygens (including phenoxy) is 1. The zero-order valence-corrected chi connectivity index (χ0v) is 16.6. The van der Waals surface area contributed by atoms with Crippen molar-refractivity contribution in [3.8, 4) is 17.1 Å². The largest absolute Gasteiger partial charge is 0.452 e. The van der Waals surface area contributed by atoms with E-state index in [1.54, 1.807) is 48.5 Å². The minimum absolute atomic E-state index is 0.143. The Morgan fingerprint density at radius 2 is 1.55 bits per heavy atom. The van der Waals surface area contributed by atoms with E-state index < -0.39 is 11.4 Å². The molecule has 0 spiro atoms. The third kappa shape index (κ3) is 3.80. The molecule has 0 bridgehead atoms. The number of fused-ring (bicyclic) bond motifs is 1. The first-order valence-electron chi connectivity index (χ1n) is 9.04. The van der Waals surface area contributed by atoms with E-state index in [1.807, 2.05) is 32.0 Å². The van der Waals surface area contributed by atoms with Gasteiger partial charge < -0.3 is 9.15 Å². The molecular formula is C24H17ClO4. The zero-order valence-electron chi connectivity index (χ0n) is 15.9. The molecule has 4 rings (SSSR count). The van der Waals surface area contributed by atoms with Crippen molar-refractivity contribution in [2.24, 2.45) is 0 Å². The molecule has 0 aliphatic rings. The lowest BCUT2D eigenvalue weighted by Gasteiger charge is -2.11. The molecule has 29 heavy (non-hydrogen) atoms. The summed E-state index contributed by atoms with van der Waals surface area (Å²) in [6.45, 7) is 3.80. The molecule has 144 valence electrons. The van der Waals surface area contributed by atoms with Gasteiger partial charge in [-0.1, -0.05) is 40.9 Å². The standard InChI is InChI=1S/C24H17ClO4/c1-14-3-6-17(7-4-14)24(27)29-23-21(26)19-13-15(2)5-12-20(19)28-22(23)16-8-10-18(25)11-9-16/h3-13H,1-2H3. The smallest absolute Gasteiger partial charge is 0.343 e. The zero-order chi connectivity index (χ0) is 20.5. The van der Waals surface area contributed by atoms with Crippen molar-refractivity contribution in [3.05, 3.63) is 98.7 Å². The number of carbonyl (C=O) groups excluding carboxylic acids is 1. The highest BCUT2D eigenvalue weighted by molar-refractivity contribution is 6.30. The molecule has 0 unspecified atom stereocenters. The number of hydrogen-bond acceptors (Lipinski definition) is 4. The summed E-state index contributed by atoms with van der Waals surface area (Å²) >= 11 is 5.98. The number of benzene rings is 3. The molecule has 0 amide bonds. The highest BCUT2D eigenvalue weighted by atomic mass is 35.5. The van der Waals surface area contributed by atoms with Gasteiger partial charge in [-0.3, -0.25) is 4.79 Å². The third-order valence-corrected chi connectivity index (χ3v) is 4.84. The van der Waals surface area contributed by atoms with Crippen LogP contribution in [-0.4, -0.2) is 5.97 Å². The SMILES string of the molecule is Cc1ccc(C(=O)Oc2c(-c3ccc(Cl)cc3)oc3ccc(C)cc3c2=O)cc1. The summed E-state index contributed by atoms with van der Waals surface area (Å²) in [5.74, 6) is -0.584. The summed E-state index contributed by atoms with van der Waals surface area (Å²) in [5.41, 5.74) is 2.87. The van der Waals surface area contributed by atoms with Crippen LogP contribution in [0.1, 0.15) is 21.5 Å². The maximum Gasteiger partial charge on any atom is 0.343 e. The number of esters is 1. The van der Waals surface area contributed by atoms with Crippen LogP contribution in [0.5, 0.6) is 5.75 Å². The molecule has 1 aromatic heterocycles. The second-order valence-electron chi connectivity index (χ2n) is 6.85. The highest BCUT2D eigenvalue weighted by Gasteiger charge is 2.21. The van der Waals surface area contributed by atoms with E-state index in [1.165, 1.54) is 0 Å². The molecule has 0 radical (unpaired) electrons. The molecule has 4 nitrogen and oxygen atoms in total. The van der Waals surface area contributed by atoms with E-state index in [0.29, 0.717) is 27.1 Å². The number of rotatable bonds is 3. The van der Waals surface area contributed by atoms with Crippen molar-refractivity contribution >= 4 is 28.5 Å². The molecule has 0 aliphatic heterocycles. The number of halogens is 1. The van der Waals surface area contributed by atoms with E-state index in [-0.39, 0.29) is 11.5 Å². The predicted octanol–water partition coefficient (Wildman–Crippen LogP) is 5.95. The highest BCUT2D eigenvalue weighted by Crippen LogP contribution is 2.32. The Bertz CT molecular complexity index is 1270. The van der Waals surface area contributed by atoms with Crippen LogP contribution in [0.2, 0.25) is 5.02 Å². The summed E-state index contributed by atoms with van der Waals surface area (Å²) in [7, 11) is 0. The number of carbonyl (C=O) groups is 1. The van der Waals surface area contributed by atoms with Gasteiger partial charge in [0.15, 0.2) is 5.76 Å². The first-order valence-corrected chi connectivity index (χ1v) is 9.42. The Morgan fingerprint density at radius 1 is 0.897 bits per heavy atom. The molecule has 4 aromatic rings. The van der Waals surface area contributed by atoms with Crippen LogP contribution in [-0.2, 0) is 0 Å². The van der Waals surface area contributed by atoms with Gasteiger partial charge in [0, 0.05) is 10.6 Å². The van der Waals surface area contributed by atoms with Gasteiger partial charge in [0.2, 0.25) is 11.2 Å². The lowest BCUT2D eigenvalue weighted by atomic mass is 10.1. The van der Waals surface area contributed by atoms with Gasteiger partial charge in [0.1, 0.15) is 5.58 Å². The average Bonchev–Trinajstić information content (AvgIpc) is 2.71. The maximum atomic E-state index is 13.2. The second-order valence-corrected chi connectivity index (χ2v) is 7.29. The topological polar surface area (TPSA) is 56.5 Å². The van der Waals surface area contributed by atoms with E-state index in [4.69, 9.17) is 20.8 Å². The Morgan fingerprint density at radius 3 is 2.24 bits per heavy atom. The van der Waals surface area contributed by atoms with Gasteiger partial charge in [-0.25, -0.2) is 4.79 Å². The van der Waals surface area contributed by atoms with Gasteiger partial charge in [0.05, 0.1) is 10.9 Å². The summed E-state index contributed by atoms with van der Waals surface area (Å²) in [5, 5.41) is 0.903. The quantitative estimate of drug-likeness (QED) is 0.396. The fourth-order valence-electron chi connectivity index (χ4n) is 3.02. The van der Waals surface area contributed by atoms with Crippen molar-refractivity contribution in [1.82, 2.24) is 0 Å².